The van der Waals surface area contributed by atoms with Gasteiger partial charge in [-0.3, -0.25) is 19.2 Å². The van der Waals surface area contributed by atoms with Crippen molar-refractivity contribution in [2.45, 2.75) is 46.5 Å². The number of hydrogen-bond donors (Lipinski definition) is 4. The van der Waals surface area contributed by atoms with Gasteiger partial charge in [0.15, 0.2) is 10.8 Å². The molecule has 0 radical (unpaired) electrons. The second-order valence-electron chi connectivity index (χ2n) is 7.37. The van der Waals surface area contributed by atoms with Gasteiger partial charge >= 0.3 is 23.9 Å². The molecule has 1 rings (SSSR count). The number of carboxylic acid groups (broad SMARTS) is 4. The standard InChI is InChI=1S/C16H24O8/c1-8-4-9(6-15(2,11(17)18)12(19)20)5-10(8)7-16(3,13(21)22)14(23)24/h8-10H,4-7H2,1-3H3,(H,17,18)(H,19,20)(H,21,22)(H,23,24). The zero-order valence-corrected chi connectivity index (χ0v) is 14.0. The Balaban J connectivity index is 2.88. The van der Waals surface area contributed by atoms with Crippen LogP contribution in [0.25, 0.3) is 0 Å². The minimum Gasteiger partial charge on any atom is -0.480 e. The predicted octanol–water partition coefficient (Wildman–Crippen LogP) is 1.78. The van der Waals surface area contributed by atoms with Crippen molar-refractivity contribution < 1.29 is 39.6 Å². The molecule has 24 heavy (non-hydrogen) atoms. The largest absolute Gasteiger partial charge is 0.480 e. The van der Waals surface area contributed by atoms with Crippen LogP contribution in [0, 0.1) is 28.6 Å². The Kier molecular flexibility index (Phi) is 5.63. The van der Waals surface area contributed by atoms with Gasteiger partial charge in [-0.1, -0.05) is 6.92 Å². The molecule has 8 nitrogen and oxygen atoms in total. The minimum absolute atomic E-state index is 0.000125. The molecule has 4 N–H and O–H groups in total. The third-order valence-corrected chi connectivity index (χ3v) is 5.40. The lowest BCUT2D eigenvalue weighted by molar-refractivity contribution is -0.166. The fraction of sp³-hybridized carbons (Fsp3) is 0.750. The summed E-state index contributed by atoms with van der Waals surface area (Å²) >= 11 is 0. The Morgan fingerprint density at radius 3 is 1.54 bits per heavy atom. The van der Waals surface area contributed by atoms with Crippen LogP contribution in [0.5, 0.6) is 0 Å². The topological polar surface area (TPSA) is 149 Å². The number of carbonyl (C=O) groups is 4. The third kappa shape index (κ3) is 3.68. The van der Waals surface area contributed by atoms with Gasteiger partial charge in [0.2, 0.25) is 0 Å². The average molecular weight is 344 g/mol. The van der Waals surface area contributed by atoms with Gasteiger partial charge in [-0.05, 0) is 57.3 Å². The second-order valence-corrected chi connectivity index (χ2v) is 7.37. The Morgan fingerprint density at radius 1 is 0.792 bits per heavy atom. The third-order valence-electron chi connectivity index (χ3n) is 5.40. The molecule has 1 saturated carbocycles. The predicted molar refractivity (Wildman–Crippen MR) is 81.4 cm³/mol. The van der Waals surface area contributed by atoms with Crippen molar-refractivity contribution in [3.8, 4) is 0 Å². The summed E-state index contributed by atoms with van der Waals surface area (Å²) < 4.78 is 0. The van der Waals surface area contributed by atoms with Gasteiger partial charge in [0.05, 0.1) is 0 Å². The van der Waals surface area contributed by atoms with E-state index in [1.54, 1.807) is 0 Å². The van der Waals surface area contributed by atoms with Crippen LogP contribution in [-0.2, 0) is 19.2 Å². The van der Waals surface area contributed by atoms with Crippen LogP contribution in [0.2, 0.25) is 0 Å². The molecule has 0 heterocycles. The van der Waals surface area contributed by atoms with Gasteiger partial charge in [-0.25, -0.2) is 0 Å². The lowest BCUT2D eigenvalue weighted by Gasteiger charge is -2.26. The Bertz CT molecular complexity index is 524. The monoisotopic (exact) mass is 344 g/mol. The molecule has 8 heteroatoms. The minimum atomic E-state index is -1.91. The first-order chi connectivity index (χ1) is 10.8. The van der Waals surface area contributed by atoms with E-state index >= 15 is 0 Å². The summed E-state index contributed by atoms with van der Waals surface area (Å²) in [5, 5.41) is 36.8. The van der Waals surface area contributed by atoms with Crippen molar-refractivity contribution in [1.29, 1.82) is 0 Å². The second kappa shape index (κ2) is 6.78. The number of carboxylic acids is 4. The summed E-state index contributed by atoms with van der Waals surface area (Å²) in [6, 6.07) is 0. The van der Waals surface area contributed by atoms with Crippen LogP contribution in [0.15, 0.2) is 0 Å². The van der Waals surface area contributed by atoms with Crippen LogP contribution >= 0.6 is 0 Å². The Labute approximate surface area is 139 Å². The molecule has 1 aliphatic carbocycles. The lowest BCUT2D eigenvalue weighted by Crippen LogP contribution is -2.39. The maximum atomic E-state index is 11.3. The van der Waals surface area contributed by atoms with Crippen LogP contribution in [0.3, 0.4) is 0 Å². The van der Waals surface area contributed by atoms with Crippen LogP contribution in [0.1, 0.15) is 46.5 Å². The molecule has 1 fully saturated rings. The first-order valence-electron chi connectivity index (χ1n) is 7.78. The van der Waals surface area contributed by atoms with E-state index in [4.69, 9.17) is 0 Å². The van der Waals surface area contributed by atoms with Gasteiger partial charge in [-0.2, -0.15) is 0 Å². The van der Waals surface area contributed by atoms with Crippen LogP contribution in [0.4, 0.5) is 0 Å². The van der Waals surface area contributed by atoms with Gasteiger partial charge in [0.25, 0.3) is 0 Å². The molecule has 0 spiro atoms. The first kappa shape index (κ1) is 19.9. The molecule has 3 unspecified atom stereocenters. The van der Waals surface area contributed by atoms with Gasteiger partial charge < -0.3 is 20.4 Å². The first-order valence-corrected chi connectivity index (χ1v) is 7.78. The highest BCUT2D eigenvalue weighted by atomic mass is 16.4. The number of rotatable bonds is 8. The molecular formula is C16H24O8. The lowest BCUT2D eigenvalue weighted by atomic mass is 9.77. The molecule has 0 aromatic carbocycles. The summed E-state index contributed by atoms with van der Waals surface area (Å²) in [6.07, 6.45) is 0.852. The van der Waals surface area contributed by atoms with Crippen LogP contribution in [-0.4, -0.2) is 44.3 Å². The molecule has 0 aromatic rings. The van der Waals surface area contributed by atoms with Crippen molar-refractivity contribution >= 4 is 23.9 Å². The average Bonchev–Trinajstić information content (AvgIpc) is 2.77. The normalized spacial score (nSPS) is 24.5. The van der Waals surface area contributed by atoms with Gasteiger partial charge in [-0.15, -0.1) is 0 Å². The molecule has 0 aromatic heterocycles. The zero-order chi connectivity index (χ0) is 18.9. The van der Waals surface area contributed by atoms with E-state index in [-0.39, 0.29) is 30.6 Å². The summed E-state index contributed by atoms with van der Waals surface area (Å²) in [7, 11) is 0. The highest BCUT2D eigenvalue weighted by molar-refractivity contribution is 5.98. The Hall–Kier alpha value is -2.12. The maximum Gasteiger partial charge on any atom is 0.320 e. The van der Waals surface area contributed by atoms with Crippen molar-refractivity contribution in [2.75, 3.05) is 0 Å². The fourth-order valence-corrected chi connectivity index (χ4v) is 3.56. The smallest absolute Gasteiger partial charge is 0.320 e. The van der Waals surface area contributed by atoms with E-state index in [0.717, 1.165) is 13.8 Å². The van der Waals surface area contributed by atoms with E-state index in [1.807, 2.05) is 6.92 Å². The molecule has 0 aliphatic heterocycles. The maximum absolute atomic E-state index is 11.3. The molecule has 1 aliphatic rings. The number of aliphatic carboxylic acids is 4. The fourth-order valence-electron chi connectivity index (χ4n) is 3.56. The van der Waals surface area contributed by atoms with Crippen molar-refractivity contribution in [3.05, 3.63) is 0 Å². The molecule has 0 bridgehead atoms. The SMILES string of the molecule is CC1CC(CC(C)(C(=O)O)C(=O)O)CC1CC(C)(C(=O)O)C(=O)O. The van der Waals surface area contributed by atoms with Crippen molar-refractivity contribution in [2.24, 2.45) is 28.6 Å². The quantitative estimate of drug-likeness (QED) is 0.487. The van der Waals surface area contributed by atoms with Crippen molar-refractivity contribution in [1.82, 2.24) is 0 Å². The molecule has 0 saturated heterocycles. The number of hydrogen-bond acceptors (Lipinski definition) is 4. The van der Waals surface area contributed by atoms with Crippen LogP contribution < -0.4 is 0 Å². The summed E-state index contributed by atoms with van der Waals surface area (Å²) in [5.41, 5.74) is -3.81. The van der Waals surface area contributed by atoms with Gasteiger partial charge in [0, 0.05) is 0 Å². The molecule has 3 atom stereocenters. The van der Waals surface area contributed by atoms with Gasteiger partial charge in [0.1, 0.15) is 0 Å². The molecule has 136 valence electrons. The summed E-state index contributed by atoms with van der Waals surface area (Å²) in [6.45, 7) is 4.18. The van der Waals surface area contributed by atoms with E-state index < -0.39 is 34.7 Å². The van der Waals surface area contributed by atoms with Crippen molar-refractivity contribution in [3.63, 3.8) is 0 Å². The van der Waals surface area contributed by atoms with E-state index in [0.29, 0.717) is 12.8 Å². The molecule has 0 amide bonds. The molecular weight excluding hydrogens is 320 g/mol. The Morgan fingerprint density at radius 2 is 1.17 bits per heavy atom. The highest BCUT2D eigenvalue weighted by Gasteiger charge is 2.49. The van der Waals surface area contributed by atoms with E-state index in [1.165, 1.54) is 0 Å². The highest BCUT2D eigenvalue weighted by Crippen LogP contribution is 2.46. The zero-order valence-electron chi connectivity index (χ0n) is 14.0. The van der Waals surface area contributed by atoms with E-state index in [2.05, 4.69) is 0 Å². The summed E-state index contributed by atoms with van der Waals surface area (Å²) in [4.78, 5) is 45.2. The van der Waals surface area contributed by atoms with E-state index in [9.17, 15) is 39.6 Å². The summed E-state index contributed by atoms with van der Waals surface area (Å²) in [5.74, 6) is -6.05.